The Morgan fingerprint density at radius 3 is 1.95 bits per heavy atom. The van der Waals surface area contributed by atoms with E-state index in [0.29, 0.717) is 11.8 Å². The third-order valence-electron chi connectivity index (χ3n) is 2.32. The van der Waals surface area contributed by atoms with Gasteiger partial charge in [0.05, 0.1) is 25.6 Å². The van der Waals surface area contributed by atoms with E-state index in [9.17, 15) is 26.7 Å². The maximum Gasteiger partial charge on any atom is 0.453 e. The maximum absolute atomic E-state index is 13.1. The topological polar surface area (TPSA) is 77.8 Å². The molecule has 0 aromatic carbocycles. The van der Waals surface area contributed by atoms with Gasteiger partial charge in [0.1, 0.15) is 0 Å². The van der Waals surface area contributed by atoms with Gasteiger partial charge in [0, 0.05) is 11.0 Å². The molecular weight excluding hydrogens is 299 g/mol. The molecule has 0 aliphatic heterocycles. The van der Waals surface area contributed by atoms with Crippen LogP contribution in [0.1, 0.15) is 6.42 Å². The minimum atomic E-state index is -5.85. The highest BCUT2D eigenvalue weighted by Crippen LogP contribution is 2.44. The van der Waals surface area contributed by atoms with Crippen LogP contribution >= 0.6 is 11.8 Å². The summed E-state index contributed by atoms with van der Waals surface area (Å²) in [5, 5.41) is 24.3. The van der Waals surface area contributed by atoms with E-state index in [0.717, 1.165) is 0 Å². The van der Waals surface area contributed by atoms with Gasteiger partial charge in [-0.05, 0) is 0 Å². The number of hydrogen-bond donors (Lipinski definition) is 3. The van der Waals surface area contributed by atoms with Crippen LogP contribution in [0.2, 0.25) is 0 Å². The Bertz CT molecular complexity index is 297. The van der Waals surface area contributed by atoms with E-state index in [1.54, 1.807) is 0 Å². The summed E-state index contributed by atoms with van der Waals surface area (Å²) >= 11 is 0.455. The molecule has 0 aromatic rings. The van der Waals surface area contributed by atoms with Crippen LogP contribution in [0, 0.1) is 5.92 Å². The molecule has 0 saturated carbocycles. The monoisotopic (exact) mass is 312 g/mol. The number of halogens is 5. The molecule has 3 N–H and O–H groups in total. The van der Waals surface area contributed by atoms with Crippen molar-refractivity contribution in [3.8, 4) is 0 Å². The Labute approximate surface area is 109 Å². The van der Waals surface area contributed by atoms with E-state index in [2.05, 4.69) is 0 Å². The largest absolute Gasteiger partial charge is 0.481 e. The van der Waals surface area contributed by atoms with Crippen molar-refractivity contribution < 1.29 is 42.1 Å². The quantitative estimate of drug-likeness (QED) is 0.590. The molecule has 0 amide bonds. The van der Waals surface area contributed by atoms with Crippen molar-refractivity contribution in [2.75, 3.05) is 19.0 Å². The summed E-state index contributed by atoms with van der Waals surface area (Å²) < 4.78 is 62.7. The molecule has 0 bridgehead atoms. The number of carboxylic acids is 1. The normalized spacial score (nSPS) is 16.2. The van der Waals surface area contributed by atoms with Gasteiger partial charge >= 0.3 is 18.1 Å². The second kappa shape index (κ2) is 7.25. The minimum Gasteiger partial charge on any atom is -0.481 e. The highest BCUT2D eigenvalue weighted by molar-refractivity contribution is 7.99. The van der Waals surface area contributed by atoms with E-state index in [1.807, 2.05) is 0 Å². The van der Waals surface area contributed by atoms with Crippen molar-refractivity contribution in [3.05, 3.63) is 0 Å². The molecule has 2 unspecified atom stereocenters. The number of rotatable bonds is 8. The molecule has 19 heavy (non-hydrogen) atoms. The third kappa shape index (κ3) is 5.11. The van der Waals surface area contributed by atoms with E-state index in [1.165, 1.54) is 0 Å². The van der Waals surface area contributed by atoms with Crippen LogP contribution in [-0.4, -0.2) is 57.6 Å². The number of aliphatic hydroxyl groups is 2. The molecule has 0 radical (unpaired) electrons. The van der Waals surface area contributed by atoms with Crippen molar-refractivity contribution >= 4 is 17.7 Å². The molecular formula is C9H13F5O4S. The van der Waals surface area contributed by atoms with Crippen LogP contribution in [0.4, 0.5) is 22.0 Å². The first-order valence-corrected chi connectivity index (χ1v) is 6.12. The molecule has 0 heterocycles. The Balaban J connectivity index is 4.83. The Morgan fingerprint density at radius 1 is 1.11 bits per heavy atom. The highest BCUT2D eigenvalue weighted by Gasteiger charge is 2.63. The molecule has 0 fully saturated rings. The van der Waals surface area contributed by atoms with Crippen molar-refractivity contribution in [2.45, 2.75) is 23.8 Å². The van der Waals surface area contributed by atoms with Crippen molar-refractivity contribution in [1.29, 1.82) is 0 Å². The van der Waals surface area contributed by atoms with Crippen LogP contribution in [0.25, 0.3) is 0 Å². The minimum absolute atomic E-state index is 0.245. The van der Waals surface area contributed by atoms with E-state index in [4.69, 9.17) is 15.3 Å². The van der Waals surface area contributed by atoms with Crippen LogP contribution in [0.15, 0.2) is 0 Å². The summed E-state index contributed by atoms with van der Waals surface area (Å²) in [5.41, 5.74) is 0. The summed E-state index contributed by atoms with van der Waals surface area (Å²) in [7, 11) is 0. The first kappa shape index (κ1) is 18.4. The number of thioether (sulfide) groups is 1. The Kier molecular flexibility index (Phi) is 7.01. The summed E-state index contributed by atoms with van der Waals surface area (Å²) in [6.07, 6.45) is -6.29. The van der Waals surface area contributed by atoms with Gasteiger partial charge in [0.2, 0.25) is 0 Å². The molecule has 10 heteroatoms. The fourth-order valence-corrected chi connectivity index (χ4v) is 2.46. The third-order valence-corrected chi connectivity index (χ3v) is 3.66. The lowest BCUT2D eigenvalue weighted by Gasteiger charge is -2.32. The predicted molar refractivity (Wildman–Crippen MR) is 57.2 cm³/mol. The molecule has 0 rings (SSSR count). The number of aliphatic carboxylic acids is 1. The zero-order valence-electron chi connectivity index (χ0n) is 9.53. The summed E-state index contributed by atoms with van der Waals surface area (Å²) in [6, 6.07) is 0. The molecule has 0 spiro atoms. The number of carboxylic acid groups (broad SMARTS) is 1. The second-order valence-electron chi connectivity index (χ2n) is 3.65. The van der Waals surface area contributed by atoms with Crippen molar-refractivity contribution in [3.63, 3.8) is 0 Å². The Hall–Kier alpha value is -0.610. The Morgan fingerprint density at radius 2 is 1.63 bits per heavy atom. The summed E-state index contributed by atoms with van der Waals surface area (Å²) in [6.45, 7) is -2.50. The fourth-order valence-electron chi connectivity index (χ4n) is 1.27. The molecule has 0 aliphatic rings. The van der Waals surface area contributed by atoms with Crippen molar-refractivity contribution in [1.82, 2.24) is 0 Å². The fraction of sp³-hybridized carbons (Fsp3) is 0.889. The van der Waals surface area contributed by atoms with Crippen LogP contribution in [-0.2, 0) is 4.79 Å². The van der Waals surface area contributed by atoms with Gasteiger partial charge in [-0.15, -0.1) is 0 Å². The summed E-state index contributed by atoms with van der Waals surface area (Å²) in [4.78, 5) is 10.2. The lowest BCUT2D eigenvalue weighted by Crippen LogP contribution is -2.50. The zero-order chi connectivity index (χ0) is 15.3. The first-order valence-electron chi connectivity index (χ1n) is 5.07. The molecule has 0 aliphatic carbocycles. The molecule has 4 nitrogen and oxygen atoms in total. The lowest BCUT2D eigenvalue weighted by atomic mass is 9.98. The van der Waals surface area contributed by atoms with E-state index >= 15 is 0 Å². The average molecular weight is 312 g/mol. The number of carbonyl (C=O) groups is 1. The van der Waals surface area contributed by atoms with E-state index in [-0.39, 0.29) is 5.75 Å². The van der Waals surface area contributed by atoms with Gasteiger partial charge in [-0.1, -0.05) is 0 Å². The number of aliphatic hydroxyl groups excluding tert-OH is 2. The van der Waals surface area contributed by atoms with Crippen LogP contribution < -0.4 is 0 Å². The standard InChI is InChI=1S/C9H13F5O4S/c10-8(11,9(12,13)14)5(3-15)6(4-16)19-2-1-7(17)18/h5-6,15-16H,1-4H2,(H,17,18). The van der Waals surface area contributed by atoms with Crippen molar-refractivity contribution in [2.24, 2.45) is 5.92 Å². The lowest BCUT2D eigenvalue weighted by molar-refractivity contribution is -0.306. The van der Waals surface area contributed by atoms with Crippen LogP contribution in [0.3, 0.4) is 0 Å². The van der Waals surface area contributed by atoms with Gasteiger partial charge in [-0.3, -0.25) is 4.79 Å². The van der Waals surface area contributed by atoms with Crippen LogP contribution in [0.5, 0.6) is 0 Å². The second-order valence-corrected chi connectivity index (χ2v) is 4.99. The number of hydrogen-bond acceptors (Lipinski definition) is 4. The molecule has 114 valence electrons. The molecule has 0 aromatic heterocycles. The van der Waals surface area contributed by atoms with Gasteiger partial charge in [0.15, 0.2) is 0 Å². The SMILES string of the molecule is O=C(O)CCSC(CO)C(CO)C(F)(F)C(F)(F)F. The van der Waals surface area contributed by atoms with Gasteiger partial charge in [-0.25, -0.2) is 0 Å². The van der Waals surface area contributed by atoms with Gasteiger partial charge < -0.3 is 15.3 Å². The van der Waals surface area contributed by atoms with Gasteiger partial charge in [-0.2, -0.15) is 33.7 Å². The molecule has 0 saturated heterocycles. The van der Waals surface area contributed by atoms with E-state index < -0.39 is 48.9 Å². The summed E-state index contributed by atoms with van der Waals surface area (Å²) in [5.74, 6) is -9.18. The zero-order valence-corrected chi connectivity index (χ0v) is 10.3. The number of alkyl halides is 5. The maximum atomic E-state index is 13.1. The molecule has 2 atom stereocenters. The van der Waals surface area contributed by atoms with Gasteiger partial charge in [0.25, 0.3) is 0 Å². The smallest absolute Gasteiger partial charge is 0.453 e. The predicted octanol–water partition coefficient (Wildman–Crippen LogP) is 1.36. The highest BCUT2D eigenvalue weighted by atomic mass is 32.2. The first-order chi connectivity index (χ1) is 8.57. The average Bonchev–Trinajstić information content (AvgIpc) is 2.25.